The third kappa shape index (κ3) is 2.80. The lowest BCUT2D eigenvalue weighted by atomic mass is 10.1. The normalized spacial score (nSPS) is 18.8. The van der Waals surface area contributed by atoms with Crippen LogP contribution in [0.5, 0.6) is 0 Å². The van der Waals surface area contributed by atoms with Crippen molar-refractivity contribution in [2.24, 2.45) is 0 Å². The molecule has 3 rings (SSSR count). The van der Waals surface area contributed by atoms with Crippen molar-refractivity contribution in [2.45, 2.75) is 18.9 Å². The Labute approximate surface area is 119 Å². The molecule has 0 radical (unpaired) electrons. The maximum absolute atomic E-state index is 4.38. The summed E-state index contributed by atoms with van der Waals surface area (Å²) in [5.74, 6) is 0.943. The molecule has 0 saturated carbocycles. The molecule has 0 spiro atoms. The van der Waals surface area contributed by atoms with Crippen molar-refractivity contribution in [3.8, 4) is 11.3 Å². The van der Waals surface area contributed by atoms with Crippen LogP contribution in [0.15, 0.2) is 42.5 Å². The first-order valence-corrected chi connectivity index (χ1v) is 7.17. The minimum absolute atomic E-state index is 0.514. The molecule has 2 heterocycles. The van der Waals surface area contributed by atoms with Gasteiger partial charge in [-0.05, 0) is 31.5 Å². The lowest BCUT2D eigenvalue weighted by molar-refractivity contribution is 0.442. The van der Waals surface area contributed by atoms with Crippen LogP contribution in [0.2, 0.25) is 0 Å². The van der Waals surface area contributed by atoms with Gasteiger partial charge in [0, 0.05) is 25.2 Å². The fourth-order valence-electron chi connectivity index (χ4n) is 2.63. The van der Waals surface area contributed by atoms with Crippen LogP contribution in [-0.4, -0.2) is 36.4 Å². The average Bonchev–Trinajstić information content (AvgIpc) is 2.56. The number of piperidine rings is 1. The molecule has 20 heavy (non-hydrogen) atoms. The predicted molar refractivity (Wildman–Crippen MR) is 81.8 cm³/mol. The second kappa shape index (κ2) is 6.01. The van der Waals surface area contributed by atoms with Crippen LogP contribution in [0.1, 0.15) is 12.8 Å². The molecule has 1 aromatic heterocycles. The molecule has 4 heteroatoms. The van der Waals surface area contributed by atoms with E-state index in [1.54, 1.807) is 0 Å². The lowest BCUT2D eigenvalue weighted by Gasteiger charge is -2.32. The van der Waals surface area contributed by atoms with Crippen LogP contribution >= 0.6 is 0 Å². The molecule has 4 nitrogen and oxygen atoms in total. The summed E-state index contributed by atoms with van der Waals surface area (Å²) in [4.78, 5) is 2.23. The van der Waals surface area contributed by atoms with Crippen molar-refractivity contribution in [1.29, 1.82) is 0 Å². The number of anilines is 1. The second-order valence-corrected chi connectivity index (χ2v) is 5.25. The summed E-state index contributed by atoms with van der Waals surface area (Å²) in [5.41, 5.74) is 2.03. The monoisotopic (exact) mass is 268 g/mol. The van der Waals surface area contributed by atoms with Crippen LogP contribution in [0.3, 0.4) is 0 Å². The highest BCUT2D eigenvalue weighted by Crippen LogP contribution is 2.20. The number of likely N-dealkylation sites (N-methyl/N-ethyl adjacent to an activating group) is 1. The summed E-state index contributed by atoms with van der Waals surface area (Å²) in [5, 5.41) is 12.2. The van der Waals surface area contributed by atoms with Crippen LogP contribution in [0.4, 0.5) is 5.82 Å². The minimum Gasteiger partial charge on any atom is -0.354 e. The van der Waals surface area contributed by atoms with Crippen LogP contribution < -0.4 is 10.2 Å². The highest BCUT2D eigenvalue weighted by molar-refractivity contribution is 5.59. The molecule has 1 saturated heterocycles. The van der Waals surface area contributed by atoms with Gasteiger partial charge >= 0.3 is 0 Å². The molecular weight excluding hydrogens is 248 g/mol. The number of benzene rings is 1. The SMILES string of the molecule is CN(c1ccc(-c2ccccc2)nn1)C1CCCNC1. The van der Waals surface area contributed by atoms with Gasteiger partial charge in [0.2, 0.25) is 0 Å². The topological polar surface area (TPSA) is 41.1 Å². The van der Waals surface area contributed by atoms with E-state index in [0.29, 0.717) is 6.04 Å². The Bertz CT molecular complexity index is 532. The summed E-state index contributed by atoms with van der Waals surface area (Å²) >= 11 is 0. The number of rotatable bonds is 3. The Balaban J connectivity index is 1.75. The molecule has 0 amide bonds. The highest BCUT2D eigenvalue weighted by Gasteiger charge is 2.19. The fraction of sp³-hybridized carbons (Fsp3) is 0.375. The smallest absolute Gasteiger partial charge is 0.151 e. The van der Waals surface area contributed by atoms with Gasteiger partial charge in [0.15, 0.2) is 5.82 Å². The Morgan fingerprint density at radius 2 is 1.95 bits per heavy atom. The summed E-state index contributed by atoms with van der Waals surface area (Å²) in [6.45, 7) is 2.15. The van der Waals surface area contributed by atoms with Crippen molar-refractivity contribution in [3.05, 3.63) is 42.5 Å². The number of aromatic nitrogens is 2. The minimum atomic E-state index is 0.514. The zero-order chi connectivity index (χ0) is 13.8. The first kappa shape index (κ1) is 13.1. The molecule has 1 N–H and O–H groups in total. The predicted octanol–water partition coefficient (Wildman–Crippen LogP) is 2.33. The highest BCUT2D eigenvalue weighted by atomic mass is 15.3. The van der Waals surface area contributed by atoms with Gasteiger partial charge in [0.1, 0.15) is 0 Å². The Morgan fingerprint density at radius 3 is 2.60 bits per heavy atom. The third-order valence-electron chi connectivity index (χ3n) is 3.90. The standard InChI is InChI=1S/C16H20N4/c1-20(14-8-5-11-17-12-14)16-10-9-15(18-19-16)13-6-3-2-4-7-13/h2-4,6-7,9-10,14,17H,5,8,11-12H2,1H3. The number of hydrogen-bond donors (Lipinski definition) is 1. The van der Waals surface area contributed by atoms with Crippen LogP contribution in [0.25, 0.3) is 11.3 Å². The lowest BCUT2D eigenvalue weighted by Crippen LogP contribution is -2.44. The molecule has 1 aliphatic heterocycles. The van der Waals surface area contributed by atoms with E-state index in [0.717, 1.165) is 30.2 Å². The Hall–Kier alpha value is -1.94. The van der Waals surface area contributed by atoms with Crippen molar-refractivity contribution < 1.29 is 0 Å². The van der Waals surface area contributed by atoms with Gasteiger partial charge in [0.05, 0.1) is 5.69 Å². The average molecular weight is 268 g/mol. The molecule has 1 aromatic carbocycles. The first-order valence-electron chi connectivity index (χ1n) is 7.17. The van der Waals surface area contributed by atoms with Gasteiger partial charge in [-0.25, -0.2) is 0 Å². The van der Waals surface area contributed by atoms with Gasteiger partial charge < -0.3 is 10.2 Å². The summed E-state index contributed by atoms with van der Waals surface area (Å²) in [6, 6.07) is 14.8. The largest absolute Gasteiger partial charge is 0.354 e. The summed E-state index contributed by atoms with van der Waals surface area (Å²) in [6.07, 6.45) is 2.44. The Morgan fingerprint density at radius 1 is 1.10 bits per heavy atom. The molecular formula is C16H20N4. The molecule has 1 atom stereocenters. The van der Waals surface area contributed by atoms with E-state index in [1.165, 1.54) is 12.8 Å². The van der Waals surface area contributed by atoms with Gasteiger partial charge in [-0.15, -0.1) is 10.2 Å². The molecule has 1 aliphatic rings. The van der Waals surface area contributed by atoms with Crippen LogP contribution in [-0.2, 0) is 0 Å². The third-order valence-corrected chi connectivity index (χ3v) is 3.90. The molecule has 1 fully saturated rings. The van der Waals surface area contributed by atoms with E-state index in [2.05, 4.69) is 45.7 Å². The zero-order valence-electron chi connectivity index (χ0n) is 11.8. The van der Waals surface area contributed by atoms with E-state index in [9.17, 15) is 0 Å². The van der Waals surface area contributed by atoms with Crippen molar-refractivity contribution >= 4 is 5.82 Å². The number of hydrogen-bond acceptors (Lipinski definition) is 4. The summed E-state index contributed by atoms with van der Waals surface area (Å²) < 4.78 is 0. The number of nitrogens with zero attached hydrogens (tertiary/aromatic N) is 3. The van der Waals surface area contributed by atoms with Crippen molar-refractivity contribution in [2.75, 3.05) is 25.0 Å². The first-order chi connectivity index (χ1) is 9.84. The molecule has 104 valence electrons. The second-order valence-electron chi connectivity index (χ2n) is 5.25. The fourth-order valence-corrected chi connectivity index (χ4v) is 2.63. The Kier molecular flexibility index (Phi) is 3.92. The molecule has 0 aliphatic carbocycles. The van der Waals surface area contributed by atoms with Crippen molar-refractivity contribution in [3.63, 3.8) is 0 Å². The zero-order valence-corrected chi connectivity index (χ0v) is 11.8. The molecule has 2 aromatic rings. The van der Waals surface area contributed by atoms with Gasteiger partial charge in [0.25, 0.3) is 0 Å². The van der Waals surface area contributed by atoms with E-state index >= 15 is 0 Å². The maximum Gasteiger partial charge on any atom is 0.151 e. The summed E-state index contributed by atoms with van der Waals surface area (Å²) in [7, 11) is 2.10. The van der Waals surface area contributed by atoms with Crippen molar-refractivity contribution in [1.82, 2.24) is 15.5 Å². The van der Waals surface area contributed by atoms with Gasteiger partial charge in [-0.3, -0.25) is 0 Å². The quantitative estimate of drug-likeness (QED) is 0.927. The van der Waals surface area contributed by atoms with Crippen LogP contribution in [0, 0.1) is 0 Å². The maximum atomic E-state index is 4.38. The van der Waals surface area contributed by atoms with E-state index in [1.807, 2.05) is 24.3 Å². The van der Waals surface area contributed by atoms with Gasteiger partial charge in [-0.2, -0.15) is 0 Å². The van der Waals surface area contributed by atoms with Gasteiger partial charge in [-0.1, -0.05) is 30.3 Å². The number of nitrogens with one attached hydrogen (secondary N) is 1. The molecule has 1 unspecified atom stereocenters. The van der Waals surface area contributed by atoms with E-state index in [4.69, 9.17) is 0 Å². The van der Waals surface area contributed by atoms with E-state index in [-0.39, 0.29) is 0 Å². The van der Waals surface area contributed by atoms with E-state index < -0.39 is 0 Å². The molecule has 0 bridgehead atoms.